The number of nitrogens with one attached hydrogen (secondary N) is 1. The zero-order chi connectivity index (χ0) is 23.1. The van der Waals surface area contributed by atoms with Crippen molar-refractivity contribution in [3.05, 3.63) is 48.5 Å². The Bertz CT molecular complexity index is 1260. The van der Waals surface area contributed by atoms with Crippen molar-refractivity contribution in [3.63, 3.8) is 0 Å². The third-order valence-electron chi connectivity index (χ3n) is 5.76. The maximum atomic E-state index is 13.3. The van der Waals surface area contributed by atoms with Crippen molar-refractivity contribution in [2.45, 2.75) is 51.0 Å². The van der Waals surface area contributed by atoms with Crippen LogP contribution in [0.25, 0.3) is 22.2 Å². The molecule has 7 heteroatoms. The van der Waals surface area contributed by atoms with Crippen LogP contribution in [0.2, 0.25) is 0 Å². The minimum Gasteiger partial charge on any atom is -0.443 e. The zero-order valence-corrected chi connectivity index (χ0v) is 20.0. The van der Waals surface area contributed by atoms with Gasteiger partial charge in [0.05, 0.1) is 20.9 Å². The van der Waals surface area contributed by atoms with Gasteiger partial charge in [-0.05, 0) is 63.9 Å². The fourth-order valence-corrected chi connectivity index (χ4v) is 5.11. The van der Waals surface area contributed by atoms with Crippen LogP contribution in [0.5, 0.6) is 0 Å². The van der Waals surface area contributed by atoms with Crippen LogP contribution in [-0.4, -0.2) is 39.3 Å². The fraction of sp³-hybridized carbons (Fsp3) is 0.400. The smallest absolute Gasteiger partial charge is 0.419 e. The summed E-state index contributed by atoms with van der Waals surface area (Å²) in [5.74, 6) is 0.241. The van der Waals surface area contributed by atoms with E-state index in [1.54, 1.807) is 17.6 Å². The maximum Gasteiger partial charge on any atom is 0.419 e. The second-order valence-electron chi connectivity index (χ2n) is 9.24. The molecule has 0 aliphatic carbocycles. The van der Waals surface area contributed by atoms with E-state index < -0.39 is 21.4 Å². The van der Waals surface area contributed by atoms with Gasteiger partial charge < -0.3 is 9.64 Å². The molecule has 2 heterocycles. The molecule has 1 aromatic heterocycles. The monoisotopic (exact) mass is 453 g/mol. The average Bonchev–Trinajstić information content (AvgIpc) is 3.40. The van der Waals surface area contributed by atoms with Gasteiger partial charge in [0, 0.05) is 40.4 Å². The Morgan fingerprint density at radius 3 is 2.44 bits per heavy atom. The molecule has 1 unspecified atom stereocenters. The number of anilines is 1. The van der Waals surface area contributed by atoms with Crippen molar-refractivity contribution in [1.29, 1.82) is 4.78 Å². The lowest BCUT2D eigenvalue weighted by Crippen LogP contribution is -2.27. The maximum absolute atomic E-state index is 13.3. The number of aromatic nitrogens is 1. The van der Waals surface area contributed by atoms with Crippen LogP contribution < -0.4 is 4.90 Å². The molecule has 0 spiro atoms. The summed E-state index contributed by atoms with van der Waals surface area (Å²) in [5, 5.41) is 0.924. The third kappa shape index (κ3) is 4.26. The van der Waals surface area contributed by atoms with Gasteiger partial charge in [-0.3, -0.25) is 0 Å². The molecule has 0 bridgehead atoms. The van der Waals surface area contributed by atoms with Crippen molar-refractivity contribution in [3.8, 4) is 11.3 Å². The van der Waals surface area contributed by atoms with Crippen LogP contribution in [-0.2, 0) is 14.5 Å². The van der Waals surface area contributed by atoms with E-state index in [9.17, 15) is 9.00 Å². The summed E-state index contributed by atoms with van der Waals surface area (Å²) in [7, 11) is -2.90. The Hall–Kier alpha value is -2.80. The van der Waals surface area contributed by atoms with Gasteiger partial charge in [-0.2, -0.15) is 0 Å². The Morgan fingerprint density at radius 2 is 1.78 bits per heavy atom. The van der Waals surface area contributed by atoms with Crippen LogP contribution in [0.1, 0.15) is 40.5 Å². The number of carbonyl (C=O) groups excluding carboxylic acids is 1. The number of fused-ring (bicyclic) bond motifs is 1. The second-order valence-corrected chi connectivity index (χ2v) is 11.6. The lowest BCUT2D eigenvalue weighted by molar-refractivity contribution is 0.0547. The standard InChI is InChI=1S/C25H31N3O3S/c1-5-32(26,30)19-12-13-22(27-14-8-9-15-27)20(17-19)23-16-18-10-6-7-11-21(18)28(23)24(29)31-25(2,3)4/h6-7,10-13,16-17,26H,5,8-9,14-15H2,1-4H3. The molecule has 1 aliphatic rings. The minimum absolute atomic E-state index is 0.241. The molecule has 1 atom stereocenters. The summed E-state index contributed by atoms with van der Waals surface area (Å²) < 4.78 is 28.6. The summed E-state index contributed by atoms with van der Waals surface area (Å²) in [6.07, 6.45) is 1.77. The largest absolute Gasteiger partial charge is 0.443 e. The van der Waals surface area contributed by atoms with Gasteiger partial charge in [0.25, 0.3) is 0 Å². The molecule has 2 aromatic carbocycles. The highest BCUT2D eigenvalue weighted by molar-refractivity contribution is 7.92. The highest BCUT2D eigenvalue weighted by Crippen LogP contribution is 2.38. The SMILES string of the molecule is CCS(=N)(=O)c1ccc(N2CCCC2)c(-c2cc3ccccc3n2C(=O)OC(C)(C)C)c1. The Kier molecular flexibility index (Phi) is 5.79. The lowest BCUT2D eigenvalue weighted by Gasteiger charge is -2.24. The van der Waals surface area contributed by atoms with Gasteiger partial charge >= 0.3 is 6.09 Å². The van der Waals surface area contributed by atoms with Gasteiger partial charge in [-0.1, -0.05) is 25.1 Å². The quantitative estimate of drug-likeness (QED) is 0.516. The van der Waals surface area contributed by atoms with Crippen LogP contribution >= 0.6 is 0 Å². The van der Waals surface area contributed by atoms with Gasteiger partial charge in [-0.25, -0.2) is 18.4 Å². The van der Waals surface area contributed by atoms with Crippen molar-refractivity contribution >= 4 is 32.4 Å². The first kappa shape index (κ1) is 22.4. The van der Waals surface area contributed by atoms with E-state index in [1.807, 2.05) is 63.2 Å². The van der Waals surface area contributed by atoms with Crippen LogP contribution in [0.3, 0.4) is 0 Å². The normalized spacial score (nSPS) is 16.3. The lowest BCUT2D eigenvalue weighted by atomic mass is 10.1. The number of nitrogens with zero attached hydrogens (tertiary/aromatic N) is 2. The van der Waals surface area contributed by atoms with Crippen molar-refractivity contribution in [2.75, 3.05) is 23.7 Å². The summed E-state index contributed by atoms with van der Waals surface area (Å²) >= 11 is 0. The van der Waals surface area contributed by atoms with Crippen LogP contribution in [0.15, 0.2) is 53.4 Å². The van der Waals surface area contributed by atoms with Gasteiger partial charge in [0.2, 0.25) is 0 Å². The van der Waals surface area contributed by atoms with Gasteiger partial charge in [0.1, 0.15) is 5.60 Å². The van der Waals surface area contributed by atoms with Crippen molar-refractivity contribution in [1.82, 2.24) is 4.57 Å². The van der Waals surface area contributed by atoms with E-state index >= 15 is 0 Å². The molecular formula is C25H31N3O3S. The highest BCUT2D eigenvalue weighted by atomic mass is 32.2. The topological polar surface area (TPSA) is 75.4 Å². The van der Waals surface area contributed by atoms with E-state index in [0.717, 1.165) is 48.1 Å². The van der Waals surface area contributed by atoms with Crippen LogP contribution in [0.4, 0.5) is 10.5 Å². The van der Waals surface area contributed by atoms with E-state index in [0.29, 0.717) is 10.6 Å². The molecule has 1 fully saturated rings. The molecule has 32 heavy (non-hydrogen) atoms. The number of carbonyl (C=O) groups is 1. The molecular weight excluding hydrogens is 422 g/mol. The van der Waals surface area contributed by atoms with Crippen molar-refractivity contribution in [2.24, 2.45) is 0 Å². The number of rotatable bonds is 4. The van der Waals surface area contributed by atoms with E-state index in [1.165, 1.54) is 0 Å². The Morgan fingerprint density at radius 1 is 1.09 bits per heavy atom. The molecule has 6 nitrogen and oxygen atoms in total. The van der Waals surface area contributed by atoms with Gasteiger partial charge in [0.15, 0.2) is 0 Å². The summed E-state index contributed by atoms with van der Waals surface area (Å²) in [6.45, 7) is 9.18. The predicted octanol–water partition coefficient (Wildman–Crippen LogP) is 6.12. The van der Waals surface area contributed by atoms with Gasteiger partial charge in [-0.15, -0.1) is 0 Å². The van der Waals surface area contributed by atoms with Crippen LogP contribution in [0, 0.1) is 4.78 Å². The molecule has 1 saturated heterocycles. The van der Waals surface area contributed by atoms with E-state index in [4.69, 9.17) is 9.52 Å². The average molecular weight is 454 g/mol. The molecule has 4 rings (SSSR count). The zero-order valence-electron chi connectivity index (χ0n) is 19.2. The highest BCUT2D eigenvalue weighted by Gasteiger charge is 2.26. The molecule has 170 valence electrons. The third-order valence-corrected chi connectivity index (χ3v) is 7.59. The summed E-state index contributed by atoms with van der Waals surface area (Å²) in [6, 6.07) is 15.3. The molecule has 1 aliphatic heterocycles. The number of hydrogen-bond acceptors (Lipinski definition) is 5. The number of hydrogen-bond donors (Lipinski definition) is 1. The molecule has 1 N–H and O–H groups in total. The Labute approximate surface area is 190 Å². The number of para-hydroxylation sites is 1. The molecule has 0 radical (unpaired) electrons. The summed E-state index contributed by atoms with van der Waals surface area (Å²) in [4.78, 5) is 16.1. The number of benzene rings is 2. The molecule has 0 amide bonds. The van der Waals surface area contributed by atoms with Crippen molar-refractivity contribution < 1.29 is 13.7 Å². The predicted molar refractivity (Wildman–Crippen MR) is 130 cm³/mol. The number of ether oxygens (including phenoxy) is 1. The van der Waals surface area contributed by atoms with E-state index in [2.05, 4.69) is 4.90 Å². The second kappa shape index (κ2) is 8.28. The fourth-order valence-electron chi connectivity index (χ4n) is 4.18. The van der Waals surface area contributed by atoms with E-state index in [-0.39, 0.29) is 5.75 Å². The molecule has 3 aromatic rings. The minimum atomic E-state index is -2.90. The Balaban J connectivity index is 1.99. The molecule has 0 saturated carbocycles. The summed E-state index contributed by atoms with van der Waals surface area (Å²) in [5.41, 5.74) is 2.61. The first-order valence-corrected chi connectivity index (χ1v) is 12.8. The first-order valence-electron chi connectivity index (χ1n) is 11.1. The first-order chi connectivity index (χ1) is 15.1.